The molecular formula is C14H19NO5. The number of carboxylic acid groups (broad SMARTS) is 1. The van der Waals surface area contributed by atoms with Gasteiger partial charge in [0.2, 0.25) is 5.91 Å². The van der Waals surface area contributed by atoms with Crippen LogP contribution in [-0.2, 0) is 19.1 Å². The molecule has 2 fully saturated rings. The van der Waals surface area contributed by atoms with Gasteiger partial charge in [-0.3, -0.25) is 9.59 Å². The van der Waals surface area contributed by atoms with Crippen LogP contribution in [0.25, 0.3) is 0 Å². The summed E-state index contributed by atoms with van der Waals surface area (Å²) in [4.78, 5) is 23.7. The van der Waals surface area contributed by atoms with Crippen molar-refractivity contribution >= 4 is 11.9 Å². The summed E-state index contributed by atoms with van der Waals surface area (Å²) in [6, 6.07) is -0.109. The average molecular weight is 281 g/mol. The highest BCUT2D eigenvalue weighted by atomic mass is 16.5. The number of aliphatic carboxylic acids is 1. The highest BCUT2D eigenvalue weighted by Crippen LogP contribution is 2.39. The van der Waals surface area contributed by atoms with Crippen LogP contribution in [0, 0.1) is 11.8 Å². The molecule has 3 aliphatic heterocycles. The molecular weight excluding hydrogens is 262 g/mol. The monoisotopic (exact) mass is 281 g/mol. The minimum Gasteiger partial charge on any atom is -0.481 e. The first-order valence-electron chi connectivity index (χ1n) is 7.06. The molecule has 3 heterocycles. The minimum atomic E-state index is -0.980. The number of carbonyl (C=O) groups is 2. The van der Waals surface area contributed by atoms with Gasteiger partial charge in [-0.25, -0.2) is 0 Å². The van der Waals surface area contributed by atoms with Gasteiger partial charge in [-0.1, -0.05) is 12.2 Å². The highest BCUT2D eigenvalue weighted by Gasteiger charge is 2.53. The fourth-order valence-corrected chi connectivity index (χ4v) is 3.33. The first-order chi connectivity index (χ1) is 9.58. The number of rotatable bonds is 4. The van der Waals surface area contributed by atoms with E-state index in [9.17, 15) is 14.7 Å². The lowest BCUT2D eigenvalue weighted by Gasteiger charge is -2.25. The van der Waals surface area contributed by atoms with Crippen molar-refractivity contribution in [1.29, 1.82) is 0 Å². The molecule has 0 aromatic heterocycles. The Labute approximate surface area is 117 Å². The Morgan fingerprint density at radius 1 is 1.30 bits per heavy atom. The molecule has 2 bridgehead atoms. The number of ether oxygens (including phenoxy) is 2. The molecule has 0 saturated carbocycles. The van der Waals surface area contributed by atoms with Gasteiger partial charge in [0.1, 0.15) is 5.92 Å². The summed E-state index contributed by atoms with van der Waals surface area (Å²) in [5, 5.41) is 12.2. The van der Waals surface area contributed by atoms with Crippen LogP contribution >= 0.6 is 0 Å². The molecule has 20 heavy (non-hydrogen) atoms. The molecule has 2 N–H and O–H groups in total. The Balaban J connectivity index is 1.67. The summed E-state index contributed by atoms with van der Waals surface area (Å²) in [7, 11) is 0. The third-order valence-corrected chi connectivity index (χ3v) is 4.38. The Bertz CT molecular complexity index is 443. The van der Waals surface area contributed by atoms with Crippen molar-refractivity contribution in [3.63, 3.8) is 0 Å². The van der Waals surface area contributed by atoms with Crippen molar-refractivity contribution in [3.05, 3.63) is 12.2 Å². The maximum atomic E-state index is 12.4. The molecule has 3 rings (SSSR count). The molecule has 110 valence electrons. The van der Waals surface area contributed by atoms with Crippen molar-refractivity contribution in [2.24, 2.45) is 11.8 Å². The number of carbonyl (C=O) groups excluding carboxylic acids is 1. The van der Waals surface area contributed by atoms with E-state index < -0.39 is 30.0 Å². The zero-order valence-electron chi connectivity index (χ0n) is 11.3. The zero-order chi connectivity index (χ0) is 14.3. The third-order valence-electron chi connectivity index (χ3n) is 4.38. The first kappa shape index (κ1) is 13.6. The van der Waals surface area contributed by atoms with Crippen LogP contribution in [0.4, 0.5) is 0 Å². The molecule has 0 aliphatic carbocycles. The van der Waals surface area contributed by atoms with Crippen molar-refractivity contribution in [2.75, 3.05) is 6.61 Å². The van der Waals surface area contributed by atoms with Crippen LogP contribution in [0.15, 0.2) is 12.2 Å². The summed E-state index contributed by atoms with van der Waals surface area (Å²) in [6.45, 7) is 2.62. The number of nitrogens with one attached hydrogen (secondary N) is 1. The predicted octanol–water partition coefficient (Wildman–Crippen LogP) is 0.324. The van der Waals surface area contributed by atoms with E-state index >= 15 is 0 Å². The standard InChI is InChI=1S/C14H19NO5/c1-7(8-3-2-6-19-8)15-13(16)11-9-4-5-10(20-9)12(11)14(17)18/h4-5,7-12H,2-3,6H2,1H3,(H,15,16)(H,17,18)/t7-,8+,9+,10-,11-,12+/m1/s1. The van der Waals surface area contributed by atoms with E-state index in [4.69, 9.17) is 9.47 Å². The molecule has 2 saturated heterocycles. The number of fused-ring (bicyclic) bond motifs is 2. The van der Waals surface area contributed by atoms with Gasteiger partial charge in [-0.15, -0.1) is 0 Å². The lowest BCUT2D eigenvalue weighted by atomic mass is 9.82. The lowest BCUT2D eigenvalue weighted by Crippen LogP contribution is -2.48. The molecule has 1 amide bonds. The van der Waals surface area contributed by atoms with Crippen molar-refractivity contribution in [3.8, 4) is 0 Å². The first-order valence-corrected chi connectivity index (χ1v) is 7.06. The van der Waals surface area contributed by atoms with Crippen LogP contribution in [-0.4, -0.2) is 47.9 Å². The molecule has 6 atom stereocenters. The number of amides is 1. The SMILES string of the molecule is C[C@@H](NC(=O)[C@H]1[C@@H](C(=O)O)[C@H]2C=C[C@@H]1O2)[C@@H]1CCCO1. The largest absolute Gasteiger partial charge is 0.481 e. The predicted molar refractivity (Wildman–Crippen MR) is 69.0 cm³/mol. The van der Waals surface area contributed by atoms with Crippen LogP contribution in [0.1, 0.15) is 19.8 Å². The Morgan fingerprint density at radius 2 is 2.00 bits per heavy atom. The average Bonchev–Trinajstić information content (AvgIpc) is 3.13. The zero-order valence-corrected chi connectivity index (χ0v) is 11.3. The smallest absolute Gasteiger partial charge is 0.310 e. The van der Waals surface area contributed by atoms with Gasteiger partial charge in [0.25, 0.3) is 0 Å². The van der Waals surface area contributed by atoms with E-state index in [1.165, 1.54) is 0 Å². The van der Waals surface area contributed by atoms with Gasteiger partial charge in [0.05, 0.1) is 30.3 Å². The fraction of sp³-hybridized carbons (Fsp3) is 0.714. The summed E-state index contributed by atoms with van der Waals surface area (Å²) in [5.74, 6) is -2.67. The summed E-state index contributed by atoms with van der Waals surface area (Å²) >= 11 is 0. The normalized spacial score (nSPS) is 40.0. The molecule has 0 spiro atoms. The van der Waals surface area contributed by atoms with Gasteiger partial charge in [-0.05, 0) is 19.8 Å². The number of hydrogen-bond acceptors (Lipinski definition) is 4. The Morgan fingerprint density at radius 3 is 2.60 bits per heavy atom. The van der Waals surface area contributed by atoms with E-state index in [2.05, 4.69) is 5.32 Å². The fourth-order valence-electron chi connectivity index (χ4n) is 3.33. The van der Waals surface area contributed by atoms with E-state index in [-0.39, 0.29) is 18.1 Å². The maximum Gasteiger partial charge on any atom is 0.310 e. The van der Waals surface area contributed by atoms with Crippen molar-refractivity contribution in [1.82, 2.24) is 5.32 Å². The van der Waals surface area contributed by atoms with Crippen molar-refractivity contribution < 1.29 is 24.2 Å². The second-order valence-electron chi connectivity index (χ2n) is 5.69. The van der Waals surface area contributed by atoms with Gasteiger partial charge < -0.3 is 19.9 Å². The molecule has 0 radical (unpaired) electrons. The van der Waals surface area contributed by atoms with Gasteiger partial charge in [0, 0.05) is 6.61 Å². The van der Waals surface area contributed by atoms with E-state index in [1.54, 1.807) is 12.2 Å². The van der Waals surface area contributed by atoms with Gasteiger partial charge in [0.15, 0.2) is 0 Å². The van der Waals surface area contributed by atoms with E-state index in [0.29, 0.717) is 0 Å². The Hall–Kier alpha value is -1.40. The van der Waals surface area contributed by atoms with Crippen LogP contribution in [0.2, 0.25) is 0 Å². The number of carboxylic acids is 1. The summed E-state index contributed by atoms with van der Waals surface area (Å²) in [5.41, 5.74) is 0. The second kappa shape index (κ2) is 5.18. The van der Waals surface area contributed by atoms with Crippen LogP contribution in [0.5, 0.6) is 0 Å². The van der Waals surface area contributed by atoms with Gasteiger partial charge >= 0.3 is 5.97 Å². The molecule has 0 aromatic carbocycles. The number of hydrogen-bond donors (Lipinski definition) is 2. The highest BCUT2D eigenvalue weighted by molar-refractivity contribution is 5.87. The van der Waals surface area contributed by atoms with Gasteiger partial charge in [-0.2, -0.15) is 0 Å². The lowest BCUT2D eigenvalue weighted by molar-refractivity contribution is -0.147. The quantitative estimate of drug-likeness (QED) is 0.725. The minimum absolute atomic E-state index is 0.0253. The second-order valence-corrected chi connectivity index (χ2v) is 5.69. The summed E-state index contributed by atoms with van der Waals surface area (Å²) in [6.07, 6.45) is 4.57. The van der Waals surface area contributed by atoms with Crippen molar-refractivity contribution in [2.45, 2.75) is 44.1 Å². The topological polar surface area (TPSA) is 84.9 Å². The van der Waals surface area contributed by atoms with Crippen LogP contribution in [0.3, 0.4) is 0 Å². The maximum absolute atomic E-state index is 12.4. The molecule has 3 aliphatic rings. The molecule has 6 nitrogen and oxygen atoms in total. The third kappa shape index (κ3) is 2.23. The molecule has 0 aromatic rings. The van der Waals surface area contributed by atoms with Crippen LogP contribution < -0.4 is 5.32 Å². The van der Waals surface area contributed by atoms with E-state index in [1.807, 2.05) is 6.92 Å². The Kier molecular flexibility index (Phi) is 3.52. The summed E-state index contributed by atoms with van der Waals surface area (Å²) < 4.78 is 11.0. The molecule has 6 heteroatoms. The van der Waals surface area contributed by atoms with E-state index in [0.717, 1.165) is 19.4 Å². The molecule has 0 unspecified atom stereocenters.